The van der Waals surface area contributed by atoms with Gasteiger partial charge in [-0.25, -0.2) is 0 Å². The van der Waals surface area contributed by atoms with E-state index in [0.29, 0.717) is 0 Å². The van der Waals surface area contributed by atoms with Gasteiger partial charge in [-0.3, -0.25) is 0 Å². The molecule has 0 aromatic carbocycles. The molecule has 0 aromatic rings. The summed E-state index contributed by atoms with van der Waals surface area (Å²) in [5, 5.41) is 73.1. The molecule has 0 saturated heterocycles. The second kappa shape index (κ2) is 7.19. The van der Waals surface area contributed by atoms with Crippen molar-refractivity contribution in [2.24, 2.45) is 0 Å². The zero-order chi connectivity index (χ0) is 13.7. The number of aliphatic hydroxyl groups is 8. The fraction of sp³-hybridized carbons (Fsp3) is 1.00. The summed E-state index contributed by atoms with van der Waals surface area (Å²) in [6, 6.07) is 0. The van der Waals surface area contributed by atoms with Crippen LogP contribution in [0.3, 0.4) is 0 Å². The fourth-order valence-corrected chi connectivity index (χ4v) is 1.23. The number of hydrogen-bond donors (Lipinski definition) is 8. The highest BCUT2D eigenvalue weighted by Gasteiger charge is 2.38. The maximum Gasteiger partial charge on any atom is 0.111 e. The molecule has 0 aliphatic heterocycles. The lowest BCUT2D eigenvalue weighted by molar-refractivity contribution is -0.168. The Hall–Kier alpha value is -0.320. The van der Waals surface area contributed by atoms with Crippen LogP contribution in [0.2, 0.25) is 0 Å². The van der Waals surface area contributed by atoms with Gasteiger partial charge in [-0.05, 0) is 6.92 Å². The number of hydrogen-bond acceptors (Lipinski definition) is 8. The van der Waals surface area contributed by atoms with Gasteiger partial charge in [0.1, 0.15) is 36.6 Å². The molecule has 104 valence electrons. The van der Waals surface area contributed by atoms with Crippen LogP contribution in [-0.2, 0) is 0 Å². The van der Waals surface area contributed by atoms with E-state index in [0.717, 1.165) is 6.92 Å². The summed E-state index contributed by atoms with van der Waals surface area (Å²) in [6.45, 7) is 0.311. The average molecular weight is 256 g/mol. The molecule has 0 aliphatic rings. The van der Waals surface area contributed by atoms with Crippen molar-refractivity contribution < 1.29 is 40.9 Å². The quantitative estimate of drug-likeness (QED) is 0.226. The monoisotopic (exact) mass is 256 g/mol. The minimum atomic E-state index is -1.99. The van der Waals surface area contributed by atoms with Gasteiger partial charge < -0.3 is 40.9 Å². The summed E-state index contributed by atoms with van der Waals surface area (Å²) >= 11 is 0. The molecule has 17 heavy (non-hydrogen) atoms. The van der Waals surface area contributed by atoms with Gasteiger partial charge in [0.15, 0.2) is 0 Å². The molecule has 8 nitrogen and oxygen atoms in total. The molecule has 0 unspecified atom stereocenters. The largest absolute Gasteiger partial charge is 0.394 e. The molecule has 0 radical (unpaired) electrons. The molecule has 7 atom stereocenters. The Morgan fingerprint density at radius 3 is 1.35 bits per heavy atom. The minimum absolute atomic E-state index is 0.847. The van der Waals surface area contributed by atoms with Crippen molar-refractivity contribution in [3.05, 3.63) is 0 Å². The number of rotatable bonds is 7. The first-order chi connectivity index (χ1) is 7.73. The first-order valence-corrected chi connectivity index (χ1v) is 5.11. The van der Waals surface area contributed by atoms with Crippen LogP contribution in [0.1, 0.15) is 6.92 Å². The van der Waals surface area contributed by atoms with E-state index in [1.54, 1.807) is 0 Å². The summed E-state index contributed by atoms with van der Waals surface area (Å²) < 4.78 is 0. The summed E-state index contributed by atoms with van der Waals surface area (Å²) in [4.78, 5) is 0. The second-order valence-electron chi connectivity index (χ2n) is 3.94. The van der Waals surface area contributed by atoms with Crippen molar-refractivity contribution in [2.75, 3.05) is 6.61 Å². The van der Waals surface area contributed by atoms with E-state index in [4.69, 9.17) is 15.3 Å². The van der Waals surface area contributed by atoms with Gasteiger partial charge in [0, 0.05) is 0 Å². The van der Waals surface area contributed by atoms with Crippen molar-refractivity contribution in [1.82, 2.24) is 0 Å². The van der Waals surface area contributed by atoms with Crippen LogP contribution in [0.25, 0.3) is 0 Å². The molecule has 0 bridgehead atoms. The Labute approximate surface area is 98.0 Å². The van der Waals surface area contributed by atoms with E-state index in [2.05, 4.69) is 0 Å². The van der Waals surface area contributed by atoms with E-state index >= 15 is 0 Å². The summed E-state index contributed by atoms with van der Waals surface area (Å²) in [5.41, 5.74) is 0. The zero-order valence-electron chi connectivity index (χ0n) is 9.33. The number of aliphatic hydroxyl groups excluding tert-OH is 8. The van der Waals surface area contributed by atoms with Crippen molar-refractivity contribution in [2.45, 2.75) is 49.7 Å². The summed E-state index contributed by atoms with van der Waals surface area (Å²) in [5.74, 6) is 0. The lowest BCUT2D eigenvalue weighted by atomic mass is 9.95. The Bertz CT molecular complexity index is 211. The van der Waals surface area contributed by atoms with Crippen LogP contribution in [0.4, 0.5) is 0 Å². The normalized spacial score (nSPS) is 24.5. The molecule has 8 N–H and O–H groups in total. The van der Waals surface area contributed by atoms with E-state index < -0.39 is 49.3 Å². The Balaban J connectivity index is 4.53. The van der Waals surface area contributed by atoms with Gasteiger partial charge >= 0.3 is 0 Å². The van der Waals surface area contributed by atoms with E-state index in [-0.39, 0.29) is 0 Å². The molecule has 0 amide bonds. The second-order valence-corrected chi connectivity index (χ2v) is 3.94. The van der Waals surface area contributed by atoms with Crippen molar-refractivity contribution in [1.29, 1.82) is 0 Å². The molecular weight excluding hydrogens is 236 g/mol. The van der Waals surface area contributed by atoms with Crippen molar-refractivity contribution in [3.8, 4) is 0 Å². The lowest BCUT2D eigenvalue weighted by Crippen LogP contribution is -2.54. The van der Waals surface area contributed by atoms with E-state index in [1.165, 1.54) is 0 Å². The average Bonchev–Trinajstić information content (AvgIpc) is 2.32. The van der Waals surface area contributed by atoms with Crippen molar-refractivity contribution in [3.63, 3.8) is 0 Å². The highest BCUT2D eigenvalue weighted by molar-refractivity contribution is 4.88. The third-order valence-electron chi connectivity index (χ3n) is 2.48. The smallest absolute Gasteiger partial charge is 0.111 e. The van der Waals surface area contributed by atoms with Crippen LogP contribution < -0.4 is 0 Å². The van der Waals surface area contributed by atoms with Gasteiger partial charge in [-0.2, -0.15) is 0 Å². The third-order valence-corrected chi connectivity index (χ3v) is 2.48. The zero-order valence-corrected chi connectivity index (χ0v) is 9.33. The van der Waals surface area contributed by atoms with Gasteiger partial charge in [0.25, 0.3) is 0 Å². The Kier molecular flexibility index (Phi) is 7.05. The van der Waals surface area contributed by atoms with Gasteiger partial charge in [-0.15, -0.1) is 0 Å². The minimum Gasteiger partial charge on any atom is -0.394 e. The van der Waals surface area contributed by atoms with Crippen LogP contribution in [0.15, 0.2) is 0 Å². The summed E-state index contributed by atoms with van der Waals surface area (Å²) in [6.07, 6.45) is -12.6. The third kappa shape index (κ3) is 4.45. The molecule has 8 heteroatoms. The Morgan fingerprint density at radius 2 is 1.00 bits per heavy atom. The maximum atomic E-state index is 9.40. The maximum absolute atomic E-state index is 9.40. The predicted molar refractivity (Wildman–Crippen MR) is 54.8 cm³/mol. The molecular formula is C9H20O8. The molecule has 0 heterocycles. The molecule has 0 aliphatic carbocycles. The first kappa shape index (κ1) is 16.7. The fourth-order valence-electron chi connectivity index (χ4n) is 1.23. The van der Waals surface area contributed by atoms with Gasteiger partial charge in [-0.1, -0.05) is 0 Å². The standard InChI is InChI=1S/C9H20O8/c1-3(11)5(13)7(15)9(17)8(16)6(14)4(12)2-10/h3-17H,2H2,1H3/t3-,4+,5+,6+,7+,8+,9-/m0/s1. The molecule has 0 rings (SSSR count). The van der Waals surface area contributed by atoms with Crippen molar-refractivity contribution >= 4 is 0 Å². The highest BCUT2D eigenvalue weighted by atomic mass is 16.4. The van der Waals surface area contributed by atoms with Crippen LogP contribution >= 0.6 is 0 Å². The SMILES string of the molecule is C[C@H](O)[C@@H](O)[C@@H](O)[C@H](O)[C@H](O)[C@H](O)[C@H](O)CO. The molecule has 0 saturated carbocycles. The first-order valence-electron chi connectivity index (χ1n) is 5.11. The topological polar surface area (TPSA) is 162 Å². The highest BCUT2D eigenvalue weighted by Crippen LogP contribution is 2.12. The molecule has 0 spiro atoms. The van der Waals surface area contributed by atoms with E-state index in [1.807, 2.05) is 0 Å². The van der Waals surface area contributed by atoms with Crippen LogP contribution in [0.5, 0.6) is 0 Å². The van der Waals surface area contributed by atoms with Crippen LogP contribution in [-0.4, -0.2) is 90.2 Å². The predicted octanol–water partition coefficient (Wildman–Crippen LogP) is -4.48. The molecule has 0 aromatic heterocycles. The Morgan fingerprint density at radius 1 is 0.647 bits per heavy atom. The van der Waals surface area contributed by atoms with Crippen LogP contribution in [0, 0.1) is 0 Å². The molecule has 0 fully saturated rings. The van der Waals surface area contributed by atoms with Gasteiger partial charge in [0.05, 0.1) is 12.7 Å². The summed E-state index contributed by atoms with van der Waals surface area (Å²) in [7, 11) is 0. The van der Waals surface area contributed by atoms with E-state index in [9.17, 15) is 25.5 Å². The van der Waals surface area contributed by atoms with Gasteiger partial charge in [0.2, 0.25) is 0 Å². The lowest BCUT2D eigenvalue weighted by Gasteiger charge is -2.31.